The molecule has 0 aliphatic carbocycles. The second-order valence-electron chi connectivity index (χ2n) is 10.5. The molecule has 2 unspecified atom stereocenters. The minimum absolute atomic E-state index is 0.0319. The first-order chi connectivity index (χ1) is 22.2. The van der Waals surface area contributed by atoms with Gasteiger partial charge in [-0.3, -0.25) is 23.5 Å². The van der Waals surface area contributed by atoms with Crippen LogP contribution in [0.1, 0.15) is 32.6 Å². The molecule has 4 rings (SSSR count). The van der Waals surface area contributed by atoms with Crippen LogP contribution >= 0.6 is 15.2 Å². The van der Waals surface area contributed by atoms with Crippen molar-refractivity contribution in [2.75, 3.05) is 0 Å². The zero-order valence-electron chi connectivity index (χ0n) is 24.1. The van der Waals surface area contributed by atoms with Crippen molar-refractivity contribution in [1.29, 1.82) is 0 Å². The van der Waals surface area contributed by atoms with Gasteiger partial charge in [0.05, 0.1) is 0 Å². The summed E-state index contributed by atoms with van der Waals surface area (Å²) in [4.78, 5) is 74.8. The first-order valence-corrected chi connectivity index (χ1v) is 16.7. The second-order valence-corrected chi connectivity index (χ2v) is 13.8. The normalized spacial score (nSPS) is 13.9. The predicted octanol–water partition coefficient (Wildman–Crippen LogP) is 1.97. The number of hydrogen-bond donors (Lipinski definition) is 8. The van der Waals surface area contributed by atoms with E-state index in [-0.39, 0.29) is 29.5 Å². The number of benzene rings is 3. The van der Waals surface area contributed by atoms with Crippen molar-refractivity contribution in [1.82, 2.24) is 26.0 Å². The molecule has 1 aromatic heterocycles. The first kappa shape index (κ1) is 36.3. The minimum Gasteiger partial charge on any atom is -0.368 e. The van der Waals surface area contributed by atoms with Gasteiger partial charge in [-0.05, 0) is 29.3 Å². The first-order valence-electron chi connectivity index (χ1n) is 13.5. The van der Waals surface area contributed by atoms with Crippen molar-refractivity contribution in [3.05, 3.63) is 94.5 Å². The zero-order chi connectivity index (χ0) is 35.7. The van der Waals surface area contributed by atoms with Gasteiger partial charge < -0.3 is 35.9 Å². The zero-order valence-corrected chi connectivity index (χ0v) is 25.9. The van der Waals surface area contributed by atoms with Gasteiger partial charge in [0.25, 0.3) is 5.91 Å². The number of nitrogens with zero attached hydrogens (tertiary/aromatic N) is 2. The van der Waals surface area contributed by atoms with Crippen molar-refractivity contribution >= 4 is 43.9 Å². The van der Waals surface area contributed by atoms with Gasteiger partial charge in [-0.2, -0.15) is 33.0 Å². The average Bonchev–Trinajstić information content (AvgIpc) is 3.48. The fraction of sp³-hybridized carbons (Fsp3) is 0.222. The lowest BCUT2D eigenvalue weighted by Gasteiger charge is -2.23. The van der Waals surface area contributed by atoms with Gasteiger partial charge in [-0.1, -0.05) is 48.5 Å². The van der Waals surface area contributed by atoms with Crippen molar-refractivity contribution in [2.24, 2.45) is 5.73 Å². The van der Waals surface area contributed by atoms with Gasteiger partial charge in [-0.15, -0.1) is 0 Å². The number of alkyl halides is 4. The fourth-order valence-corrected chi connectivity index (χ4v) is 5.39. The van der Waals surface area contributed by atoms with E-state index in [2.05, 4.69) is 26.0 Å². The molecular formula is C27H26F4N6O9P2. The van der Waals surface area contributed by atoms with Crippen LogP contribution in [0.2, 0.25) is 0 Å². The Labute approximate surface area is 267 Å². The summed E-state index contributed by atoms with van der Waals surface area (Å²) < 4.78 is 78.8. The van der Waals surface area contributed by atoms with Crippen LogP contribution in [0.3, 0.4) is 0 Å². The van der Waals surface area contributed by atoms with Gasteiger partial charge >= 0.3 is 26.5 Å². The van der Waals surface area contributed by atoms with E-state index in [0.29, 0.717) is 11.0 Å². The summed E-state index contributed by atoms with van der Waals surface area (Å²) in [6, 6.07) is 8.27. The third-order valence-electron chi connectivity index (χ3n) is 7.07. The summed E-state index contributed by atoms with van der Waals surface area (Å²) >= 11 is 0. The van der Waals surface area contributed by atoms with E-state index in [1.807, 2.05) is 0 Å². The third kappa shape index (κ3) is 7.95. The van der Waals surface area contributed by atoms with E-state index in [0.717, 1.165) is 48.5 Å². The third-order valence-corrected chi connectivity index (χ3v) is 9.05. The Balaban J connectivity index is 1.58. The summed E-state index contributed by atoms with van der Waals surface area (Å²) in [5, 5.41) is 14.9. The van der Waals surface area contributed by atoms with E-state index in [9.17, 15) is 41.1 Å². The number of primary amides is 1. The highest BCUT2D eigenvalue weighted by atomic mass is 31.2. The number of hydrogen-bond acceptors (Lipinski definition) is 7. The molecule has 3 amide bonds. The molecule has 0 aliphatic heterocycles. The maximum atomic E-state index is 14.2. The number of aromatic amines is 1. The molecule has 3 aromatic carbocycles. The van der Waals surface area contributed by atoms with Crippen LogP contribution in [0.15, 0.2) is 66.7 Å². The molecular weight excluding hydrogens is 690 g/mol. The Morgan fingerprint density at radius 3 is 1.65 bits per heavy atom. The number of fused-ring (bicyclic) bond motifs is 1. The topological polar surface area (TPSA) is 258 Å². The van der Waals surface area contributed by atoms with Gasteiger partial charge in [0.1, 0.15) is 23.1 Å². The molecule has 0 radical (unpaired) electrons. The van der Waals surface area contributed by atoms with E-state index in [4.69, 9.17) is 25.3 Å². The number of nitrogens with one attached hydrogen (secondary N) is 3. The molecule has 1 heterocycles. The van der Waals surface area contributed by atoms with E-state index >= 15 is 0 Å². The molecule has 48 heavy (non-hydrogen) atoms. The molecule has 0 bridgehead atoms. The molecule has 0 saturated heterocycles. The van der Waals surface area contributed by atoms with E-state index in [1.54, 1.807) is 0 Å². The summed E-state index contributed by atoms with van der Waals surface area (Å²) in [5.74, 6) is -2.88. The van der Waals surface area contributed by atoms with E-state index in [1.165, 1.54) is 18.2 Å². The number of halogens is 4. The average molecular weight is 716 g/mol. The number of aromatic nitrogens is 3. The van der Waals surface area contributed by atoms with Crippen molar-refractivity contribution < 1.29 is 60.6 Å². The number of amides is 3. The highest BCUT2D eigenvalue weighted by molar-refractivity contribution is 7.52. The number of nitrogens with two attached hydrogens (primary N) is 1. The van der Waals surface area contributed by atoms with Crippen LogP contribution in [-0.2, 0) is 42.9 Å². The fourth-order valence-electron chi connectivity index (χ4n) is 4.42. The summed E-state index contributed by atoms with van der Waals surface area (Å²) in [5.41, 5.74) is -4.50. The number of H-pyrrole nitrogens is 1. The molecule has 9 N–H and O–H groups in total. The van der Waals surface area contributed by atoms with Crippen LogP contribution < -0.4 is 16.4 Å². The maximum absolute atomic E-state index is 14.2. The Morgan fingerprint density at radius 2 is 1.19 bits per heavy atom. The van der Waals surface area contributed by atoms with Crippen LogP contribution in [0, 0.1) is 0 Å². The van der Waals surface area contributed by atoms with Gasteiger partial charge in [0.2, 0.25) is 11.8 Å². The Morgan fingerprint density at radius 1 is 0.729 bits per heavy atom. The standard InChI is InChI=1S/C27H26F4N6O9P2/c28-26(29,47(41,42)43)17-6-1-14(2-7-17)11-21(23(32)38)33-25(40)22(34-24(39)16-5-10-19-20(13-16)36-37-35-19)12-15-3-8-18(9-4-15)27(30,31)48(44,45)46/h1-10,13,21-22H,11-12H2,(H2,32,38)(H,33,40)(H,34,39)(H,35,36,37)(H2,41,42,43)(H2,44,45,46). The van der Waals surface area contributed by atoms with Crippen LogP contribution in [0.5, 0.6) is 0 Å². The summed E-state index contributed by atoms with van der Waals surface area (Å²) in [7, 11) is -11.7. The van der Waals surface area contributed by atoms with Crippen molar-refractivity contribution in [3.63, 3.8) is 0 Å². The van der Waals surface area contributed by atoms with Crippen LogP contribution in [-0.4, -0.2) is 64.8 Å². The van der Waals surface area contributed by atoms with E-state index < -0.39 is 67.5 Å². The molecule has 2 atom stereocenters. The Bertz CT molecular complexity index is 1930. The molecule has 4 aromatic rings. The molecule has 0 fully saturated rings. The van der Waals surface area contributed by atoms with Gasteiger partial charge in [0, 0.05) is 29.5 Å². The van der Waals surface area contributed by atoms with Crippen LogP contribution in [0.25, 0.3) is 11.0 Å². The monoisotopic (exact) mass is 716 g/mol. The highest BCUT2D eigenvalue weighted by Gasteiger charge is 2.51. The lowest BCUT2D eigenvalue weighted by atomic mass is 10.0. The minimum atomic E-state index is -5.87. The number of carbonyl (C=O) groups excluding carboxylic acids is 3. The van der Waals surface area contributed by atoms with Crippen molar-refractivity contribution in [3.8, 4) is 0 Å². The summed E-state index contributed by atoms with van der Waals surface area (Å²) in [6.07, 6.45) is -0.762. The smallest absolute Gasteiger partial charge is 0.368 e. The predicted molar refractivity (Wildman–Crippen MR) is 158 cm³/mol. The maximum Gasteiger partial charge on any atom is 0.399 e. The van der Waals surface area contributed by atoms with Gasteiger partial charge in [-0.25, -0.2) is 0 Å². The lowest BCUT2D eigenvalue weighted by Crippen LogP contribution is -2.54. The molecule has 0 spiro atoms. The largest absolute Gasteiger partial charge is 0.399 e. The molecule has 256 valence electrons. The molecule has 0 saturated carbocycles. The van der Waals surface area contributed by atoms with Crippen molar-refractivity contribution in [2.45, 2.75) is 36.3 Å². The number of carbonyl (C=O) groups is 3. The van der Waals surface area contributed by atoms with Gasteiger partial charge in [0.15, 0.2) is 0 Å². The number of rotatable bonds is 13. The molecule has 15 nitrogen and oxygen atoms in total. The Kier molecular flexibility index (Phi) is 10.2. The SMILES string of the molecule is NC(=O)C(Cc1ccc(C(F)(F)P(=O)(O)O)cc1)NC(=O)C(Cc1ccc(C(F)(F)P(=O)(O)O)cc1)NC(=O)c1ccc2n[nH]nc2c1. The van der Waals surface area contributed by atoms with Crippen LogP contribution in [0.4, 0.5) is 17.6 Å². The Hall–Kier alpha value is -4.51. The molecule has 21 heteroatoms. The molecule has 0 aliphatic rings. The summed E-state index contributed by atoms with van der Waals surface area (Å²) in [6.45, 7) is 0. The second kappa shape index (κ2) is 13.5. The quantitative estimate of drug-likeness (QED) is 0.0733. The highest BCUT2D eigenvalue weighted by Crippen LogP contribution is 2.60. The lowest BCUT2D eigenvalue weighted by molar-refractivity contribution is -0.128.